The van der Waals surface area contributed by atoms with Crippen LogP contribution in [0.4, 0.5) is 0 Å². The van der Waals surface area contributed by atoms with Crippen molar-refractivity contribution in [2.75, 3.05) is 7.05 Å². The molecule has 0 amide bonds. The molecule has 1 N–H and O–H groups in total. The van der Waals surface area contributed by atoms with Gasteiger partial charge in [-0.3, -0.25) is 9.78 Å². The SMILES string of the molecule is C=Cc1cc(-c2cnc(C)c(-c3cc(-c4ccc(CNC)cc4)no3)n2)cn(C(C)C)c1=O.[HH]. The normalized spacial score (nSPS) is 11.2. The van der Waals surface area contributed by atoms with Gasteiger partial charge in [-0.1, -0.05) is 42.1 Å². The second-order valence-corrected chi connectivity index (χ2v) is 8.19. The first kappa shape index (κ1) is 22.4. The van der Waals surface area contributed by atoms with Crippen LogP contribution in [0.5, 0.6) is 0 Å². The zero-order chi connectivity index (χ0) is 23.5. The van der Waals surface area contributed by atoms with Crippen LogP contribution in [0.25, 0.3) is 40.0 Å². The fourth-order valence-corrected chi connectivity index (χ4v) is 3.64. The number of pyridine rings is 1. The standard InChI is InChI=1S/C26H27N5O2.H2/c1-6-19-11-21(15-31(16(2)3)26(19)32)23-14-28-17(4)25(29-23)24-12-22(30-33-24)20-9-7-18(8-10-20)13-27-5;/h6-12,14-16,27H,1,13H2,2-5H3;1H. The highest BCUT2D eigenvalue weighted by Crippen LogP contribution is 2.28. The highest BCUT2D eigenvalue weighted by Gasteiger charge is 2.16. The Morgan fingerprint density at radius 2 is 1.94 bits per heavy atom. The molecule has 0 radical (unpaired) electrons. The van der Waals surface area contributed by atoms with E-state index in [0.29, 0.717) is 22.7 Å². The Morgan fingerprint density at radius 1 is 1.18 bits per heavy atom. The Bertz CT molecular complexity index is 1360. The second-order valence-electron chi connectivity index (χ2n) is 8.19. The van der Waals surface area contributed by atoms with Crippen molar-refractivity contribution in [3.63, 3.8) is 0 Å². The van der Waals surface area contributed by atoms with Gasteiger partial charge in [-0.25, -0.2) is 4.98 Å². The van der Waals surface area contributed by atoms with Crippen LogP contribution in [0, 0.1) is 6.92 Å². The Kier molecular flexibility index (Phi) is 6.33. The largest absolute Gasteiger partial charge is 0.354 e. The van der Waals surface area contributed by atoms with Gasteiger partial charge in [-0.2, -0.15) is 0 Å². The van der Waals surface area contributed by atoms with E-state index in [2.05, 4.69) is 34.2 Å². The molecule has 0 fully saturated rings. The fraction of sp³-hybridized carbons (Fsp3) is 0.231. The van der Waals surface area contributed by atoms with Gasteiger partial charge in [-0.05, 0) is 39.4 Å². The molecule has 0 bridgehead atoms. The van der Waals surface area contributed by atoms with E-state index in [-0.39, 0.29) is 13.0 Å². The monoisotopic (exact) mass is 443 g/mol. The van der Waals surface area contributed by atoms with Gasteiger partial charge >= 0.3 is 0 Å². The number of benzene rings is 1. The molecule has 7 nitrogen and oxygen atoms in total. The van der Waals surface area contributed by atoms with Gasteiger partial charge in [-0.15, -0.1) is 0 Å². The molecule has 4 rings (SSSR count). The summed E-state index contributed by atoms with van der Waals surface area (Å²) >= 11 is 0. The Morgan fingerprint density at radius 3 is 2.61 bits per heavy atom. The van der Waals surface area contributed by atoms with Gasteiger partial charge in [0.25, 0.3) is 5.56 Å². The summed E-state index contributed by atoms with van der Waals surface area (Å²) in [6.07, 6.45) is 5.08. The second kappa shape index (κ2) is 9.34. The van der Waals surface area contributed by atoms with Crippen molar-refractivity contribution in [2.24, 2.45) is 0 Å². The lowest BCUT2D eigenvalue weighted by molar-refractivity contribution is 0.433. The Labute approximate surface area is 194 Å². The number of aromatic nitrogens is 4. The number of nitrogens with one attached hydrogen (secondary N) is 1. The highest BCUT2D eigenvalue weighted by atomic mass is 16.5. The summed E-state index contributed by atoms with van der Waals surface area (Å²) in [4.78, 5) is 21.9. The van der Waals surface area contributed by atoms with E-state index in [1.807, 2.05) is 52.2 Å². The minimum absolute atomic E-state index is 0. The Hall–Kier alpha value is -3.84. The molecule has 0 aliphatic heterocycles. The molecule has 0 unspecified atom stereocenters. The third kappa shape index (κ3) is 4.54. The lowest BCUT2D eigenvalue weighted by Crippen LogP contribution is -2.23. The van der Waals surface area contributed by atoms with Gasteiger partial charge in [0.1, 0.15) is 11.4 Å². The zero-order valence-corrected chi connectivity index (χ0v) is 19.3. The summed E-state index contributed by atoms with van der Waals surface area (Å²) in [5.74, 6) is 0.539. The van der Waals surface area contributed by atoms with E-state index in [9.17, 15) is 4.79 Å². The van der Waals surface area contributed by atoms with E-state index in [4.69, 9.17) is 9.51 Å². The summed E-state index contributed by atoms with van der Waals surface area (Å²) in [6, 6.07) is 11.8. The highest BCUT2D eigenvalue weighted by molar-refractivity contribution is 5.69. The van der Waals surface area contributed by atoms with Crippen molar-refractivity contribution in [3.05, 3.63) is 82.5 Å². The van der Waals surface area contributed by atoms with Crippen LogP contribution >= 0.6 is 0 Å². The first-order chi connectivity index (χ1) is 15.9. The average molecular weight is 444 g/mol. The van der Waals surface area contributed by atoms with Crippen molar-refractivity contribution in [1.29, 1.82) is 0 Å². The zero-order valence-electron chi connectivity index (χ0n) is 19.3. The summed E-state index contributed by atoms with van der Waals surface area (Å²) in [5.41, 5.74) is 6.10. The molecular weight excluding hydrogens is 414 g/mol. The van der Waals surface area contributed by atoms with Gasteiger partial charge < -0.3 is 14.4 Å². The fourth-order valence-electron chi connectivity index (χ4n) is 3.64. The molecule has 0 atom stereocenters. The number of hydrogen-bond acceptors (Lipinski definition) is 6. The van der Waals surface area contributed by atoms with Crippen molar-refractivity contribution in [3.8, 4) is 34.0 Å². The molecule has 0 aliphatic rings. The number of hydrogen-bond donors (Lipinski definition) is 1. The average Bonchev–Trinajstić information content (AvgIpc) is 3.30. The predicted molar refractivity (Wildman–Crippen MR) is 133 cm³/mol. The van der Waals surface area contributed by atoms with E-state index in [1.165, 1.54) is 5.56 Å². The van der Waals surface area contributed by atoms with Crippen molar-refractivity contribution in [2.45, 2.75) is 33.4 Å². The topological polar surface area (TPSA) is 85.8 Å². The molecule has 3 aromatic heterocycles. The van der Waals surface area contributed by atoms with Crippen LogP contribution in [0.2, 0.25) is 0 Å². The molecule has 4 aromatic rings. The van der Waals surface area contributed by atoms with Gasteiger partial charge in [0.2, 0.25) is 0 Å². The lowest BCUT2D eigenvalue weighted by Gasteiger charge is -2.13. The van der Waals surface area contributed by atoms with Crippen LogP contribution in [0.15, 0.2) is 64.7 Å². The minimum atomic E-state index is -0.0790. The maximum absolute atomic E-state index is 12.6. The smallest absolute Gasteiger partial charge is 0.258 e. The maximum Gasteiger partial charge on any atom is 0.258 e. The third-order valence-electron chi connectivity index (χ3n) is 5.47. The maximum atomic E-state index is 12.6. The molecule has 1 aromatic carbocycles. The van der Waals surface area contributed by atoms with Crippen LogP contribution < -0.4 is 10.9 Å². The van der Waals surface area contributed by atoms with E-state index >= 15 is 0 Å². The molecule has 0 aliphatic carbocycles. The number of aryl methyl sites for hydroxylation is 1. The van der Waals surface area contributed by atoms with Crippen molar-refractivity contribution in [1.82, 2.24) is 25.0 Å². The van der Waals surface area contributed by atoms with Crippen LogP contribution in [0.1, 0.15) is 38.1 Å². The Balaban J connectivity index is 0.00000324. The molecule has 0 saturated heterocycles. The molecule has 3 heterocycles. The summed E-state index contributed by atoms with van der Waals surface area (Å²) in [5, 5.41) is 7.38. The van der Waals surface area contributed by atoms with Crippen LogP contribution in [-0.2, 0) is 6.54 Å². The van der Waals surface area contributed by atoms with E-state index < -0.39 is 0 Å². The van der Waals surface area contributed by atoms with Crippen LogP contribution in [-0.4, -0.2) is 26.7 Å². The van der Waals surface area contributed by atoms with Gasteiger partial charge in [0.05, 0.1) is 17.6 Å². The molecule has 7 heteroatoms. The van der Waals surface area contributed by atoms with Gasteiger partial charge in [0.15, 0.2) is 5.76 Å². The van der Waals surface area contributed by atoms with Crippen LogP contribution in [0.3, 0.4) is 0 Å². The molecular formula is C26H29N5O2. The van der Waals surface area contributed by atoms with Crippen molar-refractivity contribution >= 4 is 6.08 Å². The van der Waals surface area contributed by atoms with Gasteiger partial charge in [0, 0.05) is 43.0 Å². The first-order valence-corrected chi connectivity index (χ1v) is 10.8. The van der Waals surface area contributed by atoms with E-state index in [0.717, 1.165) is 29.1 Å². The summed E-state index contributed by atoms with van der Waals surface area (Å²) < 4.78 is 7.32. The number of rotatable bonds is 7. The molecule has 170 valence electrons. The van der Waals surface area contributed by atoms with Crippen molar-refractivity contribution < 1.29 is 5.95 Å². The lowest BCUT2D eigenvalue weighted by atomic mass is 10.1. The first-order valence-electron chi connectivity index (χ1n) is 10.8. The molecule has 0 saturated carbocycles. The number of nitrogens with zero attached hydrogens (tertiary/aromatic N) is 4. The summed E-state index contributed by atoms with van der Waals surface area (Å²) in [6.45, 7) is 10.4. The molecule has 0 spiro atoms. The minimum Gasteiger partial charge on any atom is -0.354 e. The third-order valence-corrected chi connectivity index (χ3v) is 5.47. The summed E-state index contributed by atoms with van der Waals surface area (Å²) in [7, 11) is 1.92. The quantitative estimate of drug-likeness (QED) is 0.426. The van der Waals surface area contributed by atoms with E-state index in [1.54, 1.807) is 22.9 Å². The molecule has 33 heavy (non-hydrogen) atoms. The predicted octanol–water partition coefficient (Wildman–Crippen LogP) is 5.13.